The highest BCUT2D eigenvalue weighted by Crippen LogP contribution is 2.27. The van der Waals surface area contributed by atoms with Gasteiger partial charge in [-0.3, -0.25) is 9.69 Å². The number of carbonyl (C=O) groups is 1. The van der Waals surface area contributed by atoms with Crippen LogP contribution >= 0.6 is 0 Å². The lowest BCUT2D eigenvalue weighted by atomic mass is 10.1. The average molecular weight is 350 g/mol. The van der Waals surface area contributed by atoms with Crippen molar-refractivity contribution in [1.82, 2.24) is 10.2 Å². The second-order valence-corrected chi connectivity index (χ2v) is 7.04. The van der Waals surface area contributed by atoms with Crippen LogP contribution in [-0.2, 0) is 11.2 Å². The minimum atomic E-state index is -0.386. The van der Waals surface area contributed by atoms with Gasteiger partial charge in [0.05, 0.1) is 13.2 Å². The minimum absolute atomic E-state index is 0.0427. The highest BCUT2D eigenvalue weighted by Gasteiger charge is 2.36. The molecule has 1 aliphatic carbocycles. The van der Waals surface area contributed by atoms with Crippen LogP contribution < -0.4 is 10.1 Å². The van der Waals surface area contributed by atoms with E-state index in [1.165, 1.54) is 7.11 Å². The molecule has 1 saturated heterocycles. The molecule has 5 nitrogen and oxygen atoms in total. The lowest BCUT2D eigenvalue weighted by molar-refractivity contribution is -0.122. The molecule has 3 atom stereocenters. The number of carbonyl (C=O) groups excluding carboxylic acids is 1. The Morgan fingerprint density at radius 3 is 2.96 bits per heavy atom. The van der Waals surface area contributed by atoms with Crippen LogP contribution in [0.25, 0.3) is 0 Å². The van der Waals surface area contributed by atoms with Crippen LogP contribution in [0, 0.1) is 5.82 Å². The highest BCUT2D eigenvalue weighted by atomic mass is 19.1. The molecular weight excluding hydrogens is 323 g/mol. The summed E-state index contributed by atoms with van der Waals surface area (Å²) in [6.07, 6.45) is 4.30. The standard InChI is InChI=1S/C19H27FN2O3/c1-25-17-7-2-4-13(19(17)20)8-9-18(24)21-15-5-3-6-16(15)22-11-10-14(23)12-22/h2,4,7,14-16,23H,3,5-6,8-12H2,1H3,(H,21,24)/t14?,15-,16+/m1/s1. The Balaban J connectivity index is 1.52. The van der Waals surface area contributed by atoms with E-state index in [2.05, 4.69) is 10.2 Å². The quantitative estimate of drug-likeness (QED) is 0.822. The molecule has 0 aromatic heterocycles. The van der Waals surface area contributed by atoms with Gasteiger partial charge in [-0.05, 0) is 43.7 Å². The number of halogens is 1. The fourth-order valence-electron chi connectivity index (χ4n) is 4.05. The van der Waals surface area contributed by atoms with Crippen LogP contribution in [-0.4, -0.2) is 54.3 Å². The monoisotopic (exact) mass is 350 g/mol. The number of aryl methyl sites for hydroxylation is 1. The molecular formula is C19H27FN2O3. The third kappa shape index (κ3) is 4.30. The van der Waals surface area contributed by atoms with Gasteiger partial charge in [0.25, 0.3) is 0 Å². The van der Waals surface area contributed by atoms with Crippen molar-refractivity contribution in [2.24, 2.45) is 0 Å². The molecule has 1 saturated carbocycles. The highest BCUT2D eigenvalue weighted by molar-refractivity contribution is 5.76. The number of nitrogens with one attached hydrogen (secondary N) is 1. The van der Waals surface area contributed by atoms with E-state index in [1.807, 2.05) is 0 Å². The Bertz CT molecular complexity index is 610. The van der Waals surface area contributed by atoms with E-state index in [0.29, 0.717) is 24.6 Å². The summed E-state index contributed by atoms with van der Waals surface area (Å²) in [7, 11) is 1.43. The normalized spacial score (nSPS) is 26.8. The lowest BCUT2D eigenvalue weighted by Crippen LogP contribution is -2.48. The summed E-state index contributed by atoms with van der Waals surface area (Å²) in [5, 5.41) is 12.9. The summed E-state index contributed by atoms with van der Waals surface area (Å²) < 4.78 is 19.1. The van der Waals surface area contributed by atoms with Gasteiger partial charge >= 0.3 is 0 Å². The molecule has 1 unspecified atom stereocenters. The zero-order chi connectivity index (χ0) is 17.8. The second-order valence-electron chi connectivity index (χ2n) is 7.04. The molecule has 6 heteroatoms. The smallest absolute Gasteiger partial charge is 0.220 e. The largest absolute Gasteiger partial charge is 0.494 e. The van der Waals surface area contributed by atoms with Crippen molar-refractivity contribution in [3.63, 3.8) is 0 Å². The Labute approximate surface area is 148 Å². The van der Waals surface area contributed by atoms with Crippen LogP contribution in [0.2, 0.25) is 0 Å². The van der Waals surface area contributed by atoms with E-state index in [-0.39, 0.29) is 36.0 Å². The fraction of sp³-hybridized carbons (Fsp3) is 0.632. The molecule has 0 radical (unpaired) electrons. The number of rotatable bonds is 6. The maximum Gasteiger partial charge on any atom is 0.220 e. The van der Waals surface area contributed by atoms with Crippen LogP contribution in [0.3, 0.4) is 0 Å². The topological polar surface area (TPSA) is 61.8 Å². The van der Waals surface area contributed by atoms with E-state index < -0.39 is 0 Å². The molecule has 2 N–H and O–H groups in total. The summed E-state index contributed by atoms with van der Waals surface area (Å²) in [5.74, 6) is -0.220. The number of likely N-dealkylation sites (tertiary alicyclic amines) is 1. The second kappa shape index (κ2) is 8.15. The molecule has 1 aliphatic heterocycles. The van der Waals surface area contributed by atoms with Crippen LogP contribution in [0.1, 0.15) is 37.7 Å². The van der Waals surface area contributed by atoms with Crippen molar-refractivity contribution < 1.29 is 19.0 Å². The van der Waals surface area contributed by atoms with Gasteiger partial charge in [0, 0.05) is 31.6 Å². The van der Waals surface area contributed by atoms with E-state index >= 15 is 0 Å². The zero-order valence-electron chi connectivity index (χ0n) is 14.7. The first-order valence-electron chi connectivity index (χ1n) is 9.11. The first-order chi connectivity index (χ1) is 12.1. The van der Waals surface area contributed by atoms with Gasteiger partial charge in [-0.1, -0.05) is 12.1 Å². The van der Waals surface area contributed by atoms with Crippen molar-refractivity contribution in [2.75, 3.05) is 20.2 Å². The van der Waals surface area contributed by atoms with E-state index in [1.54, 1.807) is 18.2 Å². The predicted molar refractivity (Wildman–Crippen MR) is 93.0 cm³/mol. The van der Waals surface area contributed by atoms with Gasteiger partial charge in [0.15, 0.2) is 11.6 Å². The maximum atomic E-state index is 14.1. The fourth-order valence-corrected chi connectivity index (χ4v) is 4.05. The molecule has 0 bridgehead atoms. The Hall–Kier alpha value is -1.66. The number of hydrogen-bond acceptors (Lipinski definition) is 4. The van der Waals surface area contributed by atoms with Crippen LogP contribution in [0.4, 0.5) is 4.39 Å². The SMILES string of the molecule is COc1cccc(CCC(=O)N[C@@H]2CCC[C@@H]2N2CCC(O)C2)c1F. The van der Waals surface area contributed by atoms with Crippen molar-refractivity contribution in [2.45, 2.75) is 56.7 Å². The van der Waals surface area contributed by atoms with Gasteiger partial charge < -0.3 is 15.2 Å². The number of hydrogen-bond donors (Lipinski definition) is 2. The maximum absolute atomic E-state index is 14.1. The minimum Gasteiger partial charge on any atom is -0.494 e. The van der Waals surface area contributed by atoms with E-state index in [4.69, 9.17) is 4.74 Å². The number of aliphatic hydroxyl groups is 1. The summed E-state index contributed by atoms with van der Waals surface area (Å²) in [6, 6.07) is 5.45. The number of ether oxygens (including phenoxy) is 1. The van der Waals surface area contributed by atoms with Crippen molar-refractivity contribution >= 4 is 5.91 Å². The molecule has 25 heavy (non-hydrogen) atoms. The lowest BCUT2D eigenvalue weighted by Gasteiger charge is -2.29. The summed E-state index contributed by atoms with van der Waals surface area (Å²) in [5.41, 5.74) is 0.500. The number of benzene rings is 1. The molecule has 1 aromatic carbocycles. The van der Waals surface area contributed by atoms with Gasteiger partial charge in [0.2, 0.25) is 5.91 Å². The molecule has 1 amide bonds. The Kier molecular flexibility index (Phi) is 5.91. The summed E-state index contributed by atoms with van der Waals surface area (Å²) in [4.78, 5) is 14.6. The molecule has 2 fully saturated rings. The Morgan fingerprint density at radius 1 is 1.40 bits per heavy atom. The average Bonchev–Trinajstić information content (AvgIpc) is 3.22. The summed E-state index contributed by atoms with van der Waals surface area (Å²) in [6.45, 7) is 1.60. The van der Waals surface area contributed by atoms with E-state index in [9.17, 15) is 14.3 Å². The molecule has 1 aromatic rings. The van der Waals surface area contributed by atoms with Crippen LogP contribution in [0.5, 0.6) is 5.75 Å². The predicted octanol–water partition coefficient (Wildman–Crippen LogP) is 1.87. The molecule has 0 spiro atoms. The van der Waals surface area contributed by atoms with Gasteiger partial charge in [-0.2, -0.15) is 0 Å². The number of nitrogens with zero attached hydrogens (tertiary/aromatic N) is 1. The molecule has 138 valence electrons. The number of aliphatic hydroxyl groups excluding tert-OH is 1. The first-order valence-corrected chi connectivity index (χ1v) is 9.11. The van der Waals surface area contributed by atoms with Gasteiger partial charge in [-0.15, -0.1) is 0 Å². The first kappa shape index (κ1) is 18.1. The van der Waals surface area contributed by atoms with Crippen molar-refractivity contribution in [1.29, 1.82) is 0 Å². The number of β-amino-alcohol motifs (C(OH)–C–C–N with tert-alkyl or cyclic N) is 1. The number of amides is 1. The molecule has 2 aliphatic rings. The van der Waals surface area contributed by atoms with E-state index in [0.717, 1.165) is 32.2 Å². The Morgan fingerprint density at radius 2 is 2.24 bits per heavy atom. The van der Waals surface area contributed by atoms with Crippen LogP contribution in [0.15, 0.2) is 18.2 Å². The van der Waals surface area contributed by atoms with Crippen molar-refractivity contribution in [3.05, 3.63) is 29.6 Å². The third-order valence-electron chi connectivity index (χ3n) is 5.37. The molecule has 3 rings (SSSR count). The van der Waals surface area contributed by atoms with Crippen molar-refractivity contribution in [3.8, 4) is 5.75 Å². The third-order valence-corrected chi connectivity index (χ3v) is 5.37. The van der Waals surface area contributed by atoms with Gasteiger partial charge in [0.1, 0.15) is 0 Å². The zero-order valence-corrected chi connectivity index (χ0v) is 14.7. The molecule has 1 heterocycles. The summed E-state index contributed by atoms with van der Waals surface area (Å²) >= 11 is 0. The number of methoxy groups -OCH3 is 1. The van der Waals surface area contributed by atoms with Gasteiger partial charge in [-0.25, -0.2) is 4.39 Å².